The number of anilines is 1. The zero-order valence-electron chi connectivity index (χ0n) is 9.58. The molecule has 0 aromatic heterocycles. The van der Waals surface area contributed by atoms with Gasteiger partial charge in [0, 0.05) is 29.4 Å². The number of rotatable bonds is 3. The summed E-state index contributed by atoms with van der Waals surface area (Å²) in [4.78, 5) is 0. The Labute approximate surface area is 106 Å². The largest absolute Gasteiger partial charge is 0.381 e. The average molecular weight is 284 g/mol. The second kappa shape index (κ2) is 5.69. The van der Waals surface area contributed by atoms with Gasteiger partial charge in [-0.3, -0.25) is 0 Å². The zero-order chi connectivity index (χ0) is 11.4. The van der Waals surface area contributed by atoms with Gasteiger partial charge in [0.2, 0.25) is 0 Å². The van der Waals surface area contributed by atoms with E-state index in [-0.39, 0.29) is 0 Å². The van der Waals surface area contributed by atoms with E-state index < -0.39 is 0 Å². The number of benzene rings is 1. The molecule has 0 amide bonds. The van der Waals surface area contributed by atoms with E-state index in [1.165, 1.54) is 18.5 Å². The minimum Gasteiger partial charge on any atom is -0.381 e. The molecule has 0 bridgehead atoms. The minimum atomic E-state index is 0.502. The number of halogens is 1. The van der Waals surface area contributed by atoms with Gasteiger partial charge in [0.05, 0.1) is 0 Å². The van der Waals surface area contributed by atoms with Gasteiger partial charge in [0.15, 0.2) is 0 Å². The van der Waals surface area contributed by atoms with Crippen LogP contribution in [0.3, 0.4) is 0 Å². The fourth-order valence-corrected chi connectivity index (χ4v) is 2.56. The van der Waals surface area contributed by atoms with Crippen LogP contribution in [0.1, 0.15) is 19.8 Å². The van der Waals surface area contributed by atoms with Gasteiger partial charge in [0.25, 0.3) is 0 Å². The van der Waals surface area contributed by atoms with Crippen LogP contribution in [0.4, 0.5) is 5.69 Å². The van der Waals surface area contributed by atoms with E-state index >= 15 is 0 Å². The molecule has 2 nitrogen and oxygen atoms in total. The first-order valence-corrected chi connectivity index (χ1v) is 6.65. The van der Waals surface area contributed by atoms with Gasteiger partial charge in [-0.1, -0.05) is 12.1 Å². The second-order valence-corrected chi connectivity index (χ2v) is 5.22. The van der Waals surface area contributed by atoms with Crippen molar-refractivity contribution in [2.24, 2.45) is 5.92 Å². The first kappa shape index (κ1) is 11.9. The molecule has 1 N–H and O–H groups in total. The lowest BCUT2D eigenvalue weighted by Gasteiger charge is -2.29. The summed E-state index contributed by atoms with van der Waals surface area (Å²) in [6.45, 7) is 4.08. The quantitative estimate of drug-likeness (QED) is 0.914. The normalized spacial score (nSPS) is 19.4. The summed E-state index contributed by atoms with van der Waals surface area (Å²) >= 11 is 3.56. The van der Waals surface area contributed by atoms with Crippen molar-refractivity contribution in [1.29, 1.82) is 0 Å². The van der Waals surface area contributed by atoms with Gasteiger partial charge in [-0.25, -0.2) is 0 Å². The van der Waals surface area contributed by atoms with Crippen LogP contribution in [-0.4, -0.2) is 19.3 Å². The van der Waals surface area contributed by atoms with Crippen LogP contribution < -0.4 is 5.32 Å². The zero-order valence-corrected chi connectivity index (χ0v) is 11.2. The Morgan fingerprint density at radius 2 is 2.00 bits per heavy atom. The van der Waals surface area contributed by atoms with E-state index in [2.05, 4.69) is 46.4 Å². The van der Waals surface area contributed by atoms with Gasteiger partial charge >= 0.3 is 0 Å². The third-order valence-electron chi connectivity index (χ3n) is 3.23. The molecule has 88 valence electrons. The van der Waals surface area contributed by atoms with Crippen LogP contribution in [0.2, 0.25) is 0 Å². The maximum atomic E-state index is 5.39. The summed E-state index contributed by atoms with van der Waals surface area (Å²) in [6.07, 6.45) is 2.33. The van der Waals surface area contributed by atoms with E-state index in [1.54, 1.807) is 0 Å². The van der Waals surface area contributed by atoms with Crippen LogP contribution in [0.5, 0.6) is 0 Å². The molecular weight excluding hydrogens is 266 g/mol. The predicted molar refractivity (Wildman–Crippen MR) is 70.8 cm³/mol. The van der Waals surface area contributed by atoms with Crippen molar-refractivity contribution in [3.63, 3.8) is 0 Å². The molecule has 1 aromatic carbocycles. The van der Waals surface area contributed by atoms with Crippen molar-refractivity contribution in [2.45, 2.75) is 25.8 Å². The molecule has 0 radical (unpaired) electrons. The lowest BCUT2D eigenvalue weighted by atomic mass is 9.93. The van der Waals surface area contributed by atoms with Crippen LogP contribution >= 0.6 is 15.9 Å². The Morgan fingerprint density at radius 3 is 2.69 bits per heavy atom. The summed E-state index contributed by atoms with van der Waals surface area (Å²) in [7, 11) is 0. The molecule has 1 saturated heterocycles. The highest BCUT2D eigenvalue weighted by molar-refractivity contribution is 9.10. The predicted octanol–water partition coefficient (Wildman–Crippen LogP) is 3.68. The number of hydrogen-bond donors (Lipinski definition) is 1. The first-order valence-electron chi connectivity index (χ1n) is 5.86. The fourth-order valence-electron chi connectivity index (χ4n) is 2.16. The Kier molecular flexibility index (Phi) is 4.24. The van der Waals surface area contributed by atoms with Gasteiger partial charge in [0.1, 0.15) is 0 Å². The number of para-hydroxylation sites is 1. The van der Waals surface area contributed by atoms with Gasteiger partial charge in [-0.05, 0) is 53.7 Å². The molecule has 16 heavy (non-hydrogen) atoms. The van der Waals surface area contributed by atoms with Gasteiger partial charge < -0.3 is 10.1 Å². The third kappa shape index (κ3) is 2.98. The highest BCUT2D eigenvalue weighted by atomic mass is 79.9. The summed E-state index contributed by atoms with van der Waals surface area (Å²) in [5.74, 6) is 0.723. The molecule has 0 saturated carbocycles. The maximum absolute atomic E-state index is 5.39. The smallest absolute Gasteiger partial charge is 0.0486 e. The molecule has 1 aromatic rings. The highest BCUT2D eigenvalue weighted by Gasteiger charge is 2.20. The van der Waals surface area contributed by atoms with E-state index in [0.717, 1.165) is 23.6 Å². The average Bonchev–Trinajstić information content (AvgIpc) is 2.33. The molecule has 0 spiro atoms. The molecule has 1 aliphatic heterocycles. The number of hydrogen-bond acceptors (Lipinski definition) is 2. The lowest BCUT2D eigenvalue weighted by molar-refractivity contribution is 0.0622. The molecule has 0 aliphatic carbocycles. The van der Waals surface area contributed by atoms with E-state index in [4.69, 9.17) is 4.74 Å². The van der Waals surface area contributed by atoms with Crippen LogP contribution in [0.25, 0.3) is 0 Å². The van der Waals surface area contributed by atoms with Crippen molar-refractivity contribution in [3.05, 3.63) is 28.7 Å². The van der Waals surface area contributed by atoms with Crippen molar-refractivity contribution >= 4 is 21.6 Å². The molecule has 1 unspecified atom stereocenters. The van der Waals surface area contributed by atoms with Crippen molar-refractivity contribution in [3.8, 4) is 0 Å². The van der Waals surface area contributed by atoms with Crippen LogP contribution in [-0.2, 0) is 4.74 Å². The molecule has 1 heterocycles. The van der Waals surface area contributed by atoms with E-state index in [9.17, 15) is 0 Å². The molecular formula is C13H18BrNO. The number of nitrogens with one attached hydrogen (secondary N) is 1. The van der Waals surface area contributed by atoms with Gasteiger partial charge in [-0.2, -0.15) is 0 Å². The molecule has 1 fully saturated rings. The Bertz CT molecular complexity index is 336. The molecule has 3 heteroatoms. The second-order valence-electron chi connectivity index (χ2n) is 4.36. The van der Waals surface area contributed by atoms with Crippen molar-refractivity contribution in [1.82, 2.24) is 0 Å². The van der Waals surface area contributed by atoms with Gasteiger partial charge in [-0.15, -0.1) is 0 Å². The molecule has 2 rings (SSSR count). The van der Waals surface area contributed by atoms with Crippen LogP contribution in [0.15, 0.2) is 28.7 Å². The fraction of sp³-hybridized carbons (Fsp3) is 0.538. The summed E-state index contributed by atoms with van der Waals surface area (Å²) in [5, 5.41) is 3.58. The molecule has 1 aliphatic rings. The van der Waals surface area contributed by atoms with E-state index in [0.29, 0.717) is 6.04 Å². The van der Waals surface area contributed by atoms with Crippen molar-refractivity contribution in [2.75, 3.05) is 18.5 Å². The third-order valence-corrected chi connectivity index (χ3v) is 3.92. The van der Waals surface area contributed by atoms with Crippen molar-refractivity contribution < 1.29 is 4.74 Å². The maximum Gasteiger partial charge on any atom is 0.0486 e. The SMILES string of the molecule is CC(Nc1ccccc1Br)C1CCOCC1. The van der Waals surface area contributed by atoms with Crippen LogP contribution in [0, 0.1) is 5.92 Å². The summed E-state index contributed by atoms with van der Waals surface area (Å²) in [5.41, 5.74) is 1.18. The standard InChI is InChI=1S/C13H18BrNO/c1-10(11-6-8-16-9-7-11)15-13-5-3-2-4-12(13)14/h2-5,10-11,15H,6-9H2,1H3. The first-order chi connectivity index (χ1) is 7.77. The minimum absolute atomic E-state index is 0.502. The topological polar surface area (TPSA) is 21.3 Å². The number of ether oxygens (including phenoxy) is 1. The Hall–Kier alpha value is -0.540. The summed E-state index contributed by atoms with van der Waals surface area (Å²) < 4.78 is 6.52. The monoisotopic (exact) mass is 283 g/mol. The summed E-state index contributed by atoms with van der Waals surface area (Å²) in [6, 6.07) is 8.78. The Balaban J connectivity index is 1.96. The van der Waals surface area contributed by atoms with E-state index in [1.807, 2.05) is 6.07 Å². The Morgan fingerprint density at radius 1 is 1.31 bits per heavy atom. The highest BCUT2D eigenvalue weighted by Crippen LogP contribution is 2.26. The lowest BCUT2D eigenvalue weighted by Crippen LogP contribution is -2.31. The molecule has 1 atom stereocenters.